The third-order valence-electron chi connectivity index (χ3n) is 3.02. The van der Waals surface area contributed by atoms with Gasteiger partial charge in [-0.1, -0.05) is 12.2 Å². The number of methoxy groups -OCH3 is 1. The summed E-state index contributed by atoms with van der Waals surface area (Å²) in [5.74, 6) is -0.409. The molecule has 1 aliphatic heterocycles. The molecule has 0 spiro atoms. The fourth-order valence-corrected chi connectivity index (χ4v) is 2.28. The second kappa shape index (κ2) is 6.23. The summed E-state index contributed by atoms with van der Waals surface area (Å²) in [6, 6.07) is -0.388. The summed E-state index contributed by atoms with van der Waals surface area (Å²) in [7, 11) is 1.35. The largest absolute Gasteiger partial charge is 0.467 e. The molecule has 1 heterocycles. The predicted molar refractivity (Wildman–Crippen MR) is 65.3 cm³/mol. The van der Waals surface area contributed by atoms with Gasteiger partial charge in [0, 0.05) is 12.5 Å². The Hall–Kier alpha value is -1.58. The van der Waals surface area contributed by atoms with Gasteiger partial charge in [-0.15, -0.1) is 13.2 Å². The van der Waals surface area contributed by atoms with Crippen molar-refractivity contribution in [1.82, 2.24) is 4.90 Å². The summed E-state index contributed by atoms with van der Waals surface area (Å²) in [5.41, 5.74) is 0. The molecule has 1 fully saturated rings. The molecule has 94 valence electrons. The Morgan fingerprint density at radius 2 is 2.06 bits per heavy atom. The number of nitrogens with zero attached hydrogens (tertiary/aromatic N) is 1. The van der Waals surface area contributed by atoms with Gasteiger partial charge in [-0.05, 0) is 19.3 Å². The number of amides is 1. The molecule has 1 amide bonds. The second-order valence-electron chi connectivity index (χ2n) is 4.09. The highest BCUT2D eigenvalue weighted by Gasteiger charge is 2.40. The number of hydrogen-bond acceptors (Lipinski definition) is 3. The maximum Gasteiger partial charge on any atom is 0.328 e. The van der Waals surface area contributed by atoms with Crippen LogP contribution >= 0.6 is 0 Å². The maximum atomic E-state index is 12.0. The van der Waals surface area contributed by atoms with Gasteiger partial charge in [-0.2, -0.15) is 0 Å². The van der Waals surface area contributed by atoms with Gasteiger partial charge in [0.15, 0.2) is 0 Å². The van der Waals surface area contributed by atoms with E-state index in [1.54, 1.807) is 17.1 Å². The van der Waals surface area contributed by atoms with Gasteiger partial charge < -0.3 is 9.64 Å². The van der Waals surface area contributed by atoms with Gasteiger partial charge in [-0.25, -0.2) is 4.79 Å². The Labute approximate surface area is 102 Å². The van der Waals surface area contributed by atoms with E-state index in [2.05, 4.69) is 13.2 Å². The number of esters is 1. The normalized spacial score (nSPS) is 23.2. The number of hydrogen-bond donors (Lipinski definition) is 0. The lowest BCUT2D eigenvalue weighted by Gasteiger charge is -2.28. The van der Waals surface area contributed by atoms with Gasteiger partial charge in [0.25, 0.3) is 0 Å². The van der Waals surface area contributed by atoms with Crippen LogP contribution in [0.2, 0.25) is 0 Å². The summed E-state index contributed by atoms with van der Waals surface area (Å²) >= 11 is 0. The van der Waals surface area contributed by atoms with Crippen molar-refractivity contribution in [3.63, 3.8) is 0 Å². The third-order valence-corrected chi connectivity index (χ3v) is 3.02. The predicted octanol–water partition coefficient (Wildman–Crippen LogP) is 1.67. The van der Waals surface area contributed by atoms with Crippen LogP contribution in [0.15, 0.2) is 25.3 Å². The van der Waals surface area contributed by atoms with E-state index in [4.69, 9.17) is 4.74 Å². The van der Waals surface area contributed by atoms with Crippen molar-refractivity contribution in [2.24, 2.45) is 0 Å². The Morgan fingerprint density at radius 3 is 2.59 bits per heavy atom. The lowest BCUT2D eigenvalue weighted by Crippen LogP contribution is -2.45. The SMILES string of the molecule is C=CCC(=O)N1C(CC=C)CC[C@H]1C(=O)OC. The van der Waals surface area contributed by atoms with Gasteiger partial charge >= 0.3 is 5.97 Å². The molecule has 2 atom stereocenters. The molecule has 1 aliphatic rings. The first kappa shape index (κ1) is 13.5. The summed E-state index contributed by atoms with van der Waals surface area (Å²) in [6.07, 6.45) is 5.76. The molecular weight excluding hydrogens is 218 g/mol. The lowest BCUT2D eigenvalue weighted by molar-refractivity contribution is -0.151. The molecule has 1 unspecified atom stereocenters. The van der Waals surface area contributed by atoms with Crippen LogP contribution in [0.3, 0.4) is 0 Å². The van der Waals surface area contributed by atoms with Crippen molar-refractivity contribution in [1.29, 1.82) is 0 Å². The first-order chi connectivity index (χ1) is 8.15. The monoisotopic (exact) mass is 237 g/mol. The summed E-state index contributed by atoms with van der Waals surface area (Å²) in [4.78, 5) is 25.2. The van der Waals surface area contributed by atoms with E-state index in [1.807, 2.05) is 0 Å². The number of carbonyl (C=O) groups is 2. The van der Waals surface area contributed by atoms with Crippen molar-refractivity contribution >= 4 is 11.9 Å². The molecule has 0 radical (unpaired) electrons. The van der Waals surface area contributed by atoms with Crippen molar-refractivity contribution in [3.8, 4) is 0 Å². The molecule has 0 aliphatic carbocycles. The van der Waals surface area contributed by atoms with Crippen LogP contribution in [0.1, 0.15) is 25.7 Å². The number of ether oxygens (including phenoxy) is 1. The van der Waals surface area contributed by atoms with Gasteiger partial charge in [0.2, 0.25) is 5.91 Å². The molecular formula is C13H19NO3. The zero-order valence-electron chi connectivity index (χ0n) is 10.2. The molecule has 1 rings (SSSR count). The van der Waals surface area contributed by atoms with Crippen molar-refractivity contribution < 1.29 is 14.3 Å². The second-order valence-corrected chi connectivity index (χ2v) is 4.09. The van der Waals surface area contributed by atoms with E-state index in [-0.39, 0.29) is 24.3 Å². The molecule has 0 aromatic heterocycles. The highest BCUT2D eigenvalue weighted by atomic mass is 16.5. The number of carbonyl (C=O) groups excluding carboxylic acids is 2. The van der Waals surface area contributed by atoms with E-state index in [0.29, 0.717) is 12.8 Å². The molecule has 17 heavy (non-hydrogen) atoms. The summed E-state index contributed by atoms with van der Waals surface area (Å²) in [6.45, 7) is 7.23. The van der Waals surface area contributed by atoms with E-state index >= 15 is 0 Å². The highest BCUT2D eigenvalue weighted by molar-refractivity contribution is 5.86. The van der Waals surface area contributed by atoms with Crippen LogP contribution in [0.25, 0.3) is 0 Å². The molecule has 4 heteroatoms. The fourth-order valence-electron chi connectivity index (χ4n) is 2.28. The van der Waals surface area contributed by atoms with Gasteiger partial charge in [0.05, 0.1) is 7.11 Å². The Bertz CT molecular complexity index is 325. The Kier molecular flexibility index (Phi) is 4.94. The van der Waals surface area contributed by atoms with E-state index in [9.17, 15) is 9.59 Å². The molecule has 0 aromatic carbocycles. The zero-order chi connectivity index (χ0) is 12.8. The number of likely N-dealkylation sites (tertiary alicyclic amines) is 1. The minimum atomic E-state index is -0.447. The average molecular weight is 237 g/mol. The molecule has 0 saturated carbocycles. The smallest absolute Gasteiger partial charge is 0.328 e. The van der Waals surface area contributed by atoms with Gasteiger partial charge in [0.1, 0.15) is 6.04 Å². The maximum absolute atomic E-state index is 12.0. The Morgan fingerprint density at radius 1 is 1.35 bits per heavy atom. The third kappa shape index (κ3) is 2.96. The van der Waals surface area contributed by atoms with Crippen molar-refractivity contribution in [3.05, 3.63) is 25.3 Å². The van der Waals surface area contributed by atoms with Crippen molar-refractivity contribution in [2.75, 3.05) is 7.11 Å². The summed E-state index contributed by atoms with van der Waals surface area (Å²) in [5, 5.41) is 0. The summed E-state index contributed by atoms with van der Waals surface area (Å²) < 4.78 is 4.73. The van der Waals surface area contributed by atoms with Crippen molar-refractivity contribution in [2.45, 2.75) is 37.8 Å². The van der Waals surface area contributed by atoms with Crippen LogP contribution in [-0.2, 0) is 14.3 Å². The standard InChI is InChI=1S/C13H19NO3/c1-4-6-10-8-9-11(13(16)17-3)14(10)12(15)7-5-2/h4-5,10-11H,1-2,6-9H2,3H3/t10?,11-/m0/s1. The highest BCUT2D eigenvalue weighted by Crippen LogP contribution is 2.28. The first-order valence-corrected chi connectivity index (χ1v) is 5.76. The van der Waals surface area contributed by atoms with E-state index < -0.39 is 6.04 Å². The van der Waals surface area contributed by atoms with E-state index in [1.165, 1.54) is 7.11 Å². The van der Waals surface area contributed by atoms with Crippen LogP contribution in [0, 0.1) is 0 Å². The first-order valence-electron chi connectivity index (χ1n) is 5.76. The molecule has 4 nitrogen and oxygen atoms in total. The molecule has 0 bridgehead atoms. The minimum absolute atomic E-state index is 0.0593. The van der Waals surface area contributed by atoms with Crippen LogP contribution in [0.4, 0.5) is 0 Å². The molecule has 0 aromatic rings. The van der Waals surface area contributed by atoms with Crippen LogP contribution in [0.5, 0.6) is 0 Å². The quantitative estimate of drug-likeness (QED) is 0.540. The van der Waals surface area contributed by atoms with Gasteiger partial charge in [-0.3, -0.25) is 4.79 Å². The van der Waals surface area contributed by atoms with Crippen LogP contribution < -0.4 is 0 Å². The fraction of sp³-hybridized carbons (Fsp3) is 0.538. The lowest BCUT2D eigenvalue weighted by atomic mass is 10.1. The zero-order valence-corrected chi connectivity index (χ0v) is 10.2. The minimum Gasteiger partial charge on any atom is -0.467 e. The topological polar surface area (TPSA) is 46.6 Å². The molecule has 0 N–H and O–H groups in total. The van der Waals surface area contributed by atoms with E-state index in [0.717, 1.165) is 6.42 Å². The average Bonchev–Trinajstić information content (AvgIpc) is 2.72. The van der Waals surface area contributed by atoms with Crippen LogP contribution in [-0.4, -0.2) is 36.0 Å². The molecule has 1 saturated heterocycles. The number of rotatable bonds is 5. The Balaban J connectivity index is 2.85.